The van der Waals surface area contributed by atoms with Crippen molar-refractivity contribution < 1.29 is 9.90 Å². The number of unbranched alkanes of at least 4 members (excludes halogenated alkanes) is 7. The Balaban J connectivity index is 3.57. The summed E-state index contributed by atoms with van der Waals surface area (Å²) in [5.74, 6) is -0.936. The number of hydrogen-bond acceptors (Lipinski definition) is 1. The van der Waals surface area contributed by atoms with E-state index < -0.39 is 5.97 Å². The van der Waals surface area contributed by atoms with E-state index in [2.05, 4.69) is 19.1 Å². The molecule has 0 saturated heterocycles. The van der Waals surface area contributed by atoms with Crippen LogP contribution in [0.25, 0.3) is 0 Å². The van der Waals surface area contributed by atoms with Crippen molar-refractivity contribution in [2.24, 2.45) is 0 Å². The van der Waals surface area contributed by atoms with Crippen LogP contribution < -0.4 is 0 Å². The second-order valence-electron chi connectivity index (χ2n) is 5.58. The quantitative estimate of drug-likeness (QED) is 0.223. The van der Waals surface area contributed by atoms with Gasteiger partial charge in [0.1, 0.15) is 0 Å². The van der Waals surface area contributed by atoms with Crippen LogP contribution in [0, 0.1) is 0 Å². The van der Waals surface area contributed by atoms with Gasteiger partial charge in [0.25, 0.3) is 0 Å². The molecule has 1 N–H and O–H groups in total. The van der Waals surface area contributed by atoms with Gasteiger partial charge < -0.3 is 5.11 Å². The van der Waals surface area contributed by atoms with Crippen LogP contribution in [0.2, 0.25) is 0 Å². The molecule has 0 saturated carbocycles. The van der Waals surface area contributed by atoms with E-state index in [9.17, 15) is 4.79 Å². The molecule has 0 aromatic heterocycles. The molecule has 132 valence electrons. The number of carboxylic acid groups (broad SMARTS) is 1. The van der Waals surface area contributed by atoms with E-state index >= 15 is 0 Å². The summed E-state index contributed by atoms with van der Waals surface area (Å²) in [4.78, 5) is 10.2. The van der Waals surface area contributed by atoms with Gasteiger partial charge in [0.15, 0.2) is 0 Å². The smallest absolute Gasteiger partial charge is 0.328 e. The van der Waals surface area contributed by atoms with Crippen molar-refractivity contribution in [1.29, 1.82) is 0 Å². The zero-order valence-corrected chi connectivity index (χ0v) is 14.9. The Morgan fingerprint density at radius 2 is 1.12 bits per heavy atom. The average molecular weight is 328 g/mol. The van der Waals surface area contributed by atoms with Crippen molar-refractivity contribution in [2.45, 2.75) is 58.3 Å². The zero-order valence-electron chi connectivity index (χ0n) is 14.9. The molecule has 0 aromatic rings. The molecule has 2 heteroatoms. The molecule has 0 fully saturated rings. The van der Waals surface area contributed by atoms with Crippen LogP contribution in [-0.4, -0.2) is 11.1 Å². The maximum atomic E-state index is 10.2. The van der Waals surface area contributed by atoms with E-state index in [1.54, 1.807) is 12.2 Å². The molecule has 0 rings (SSSR count). The first-order valence-corrected chi connectivity index (χ1v) is 9.00. The van der Waals surface area contributed by atoms with Crippen molar-refractivity contribution in [3.8, 4) is 0 Å². The summed E-state index contributed by atoms with van der Waals surface area (Å²) in [6.45, 7) is 2.25. The normalized spacial score (nSPS) is 13.0. The van der Waals surface area contributed by atoms with Crippen LogP contribution in [0.3, 0.4) is 0 Å². The number of hydrogen-bond donors (Lipinski definition) is 1. The Bertz CT molecular complexity index is 462. The largest absolute Gasteiger partial charge is 0.478 e. The first kappa shape index (κ1) is 21.9. The Hall–Kier alpha value is -2.09. The van der Waals surface area contributed by atoms with Gasteiger partial charge in [0.05, 0.1) is 0 Å². The van der Waals surface area contributed by atoms with Crippen LogP contribution in [0.1, 0.15) is 58.3 Å². The molecule has 0 atom stereocenters. The molecule has 0 amide bonds. The van der Waals surface area contributed by atoms with Gasteiger partial charge in [-0.05, 0) is 12.8 Å². The predicted molar refractivity (Wildman–Crippen MR) is 105 cm³/mol. The first-order valence-electron chi connectivity index (χ1n) is 9.00. The Kier molecular flexibility index (Phi) is 17.3. The third kappa shape index (κ3) is 19.9. The summed E-state index contributed by atoms with van der Waals surface area (Å²) in [5.41, 5.74) is 0. The van der Waals surface area contributed by atoms with Gasteiger partial charge in [-0.25, -0.2) is 4.79 Å². The van der Waals surface area contributed by atoms with Crippen LogP contribution >= 0.6 is 0 Å². The van der Waals surface area contributed by atoms with Crippen molar-refractivity contribution in [3.05, 3.63) is 72.9 Å². The summed E-state index contributed by atoms with van der Waals surface area (Å²) >= 11 is 0. The SMILES string of the molecule is CCCCCCCCC\C=C/C=C/C=C/C=C\C=C/C=C/C(=O)O. The lowest BCUT2D eigenvalue weighted by molar-refractivity contribution is -0.131. The van der Waals surface area contributed by atoms with E-state index in [1.807, 2.05) is 36.5 Å². The molecule has 0 heterocycles. The van der Waals surface area contributed by atoms with Crippen molar-refractivity contribution in [3.63, 3.8) is 0 Å². The third-order valence-electron chi connectivity index (χ3n) is 3.35. The fraction of sp³-hybridized carbons (Fsp3) is 0.409. The Morgan fingerprint density at radius 3 is 1.67 bits per heavy atom. The summed E-state index contributed by atoms with van der Waals surface area (Å²) < 4.78 is 0. The minimum absolute atomic E-state index is 0.936. The average Bonchev–Trinajstić information content (AvgIpc) is 2.56. The van der Waals surface area contributed by atoms with E-state index in [4.69, 9.17) is 5.11 Å². The molecule has 0 aliphatic rings. The Labute approximate surface area is 147 Å². The van der Waals surface area contributed by atoms with E-state index in [0.717, 1.165) is 12.5 Å². The Morgan fingerprint density at radius 1 is 0.667 bits per heavy atom. The van der Waals surface area contributed by atoms with E-state index in [0.29, 0.717) is 0 Å². The van der Waals surface area contributed by atoms with Crippen LogP contribution in [0.15, 0.2) is 72.9 Å². The zero-order chi connectivity index (χ0) is 17.7. The molecule has 0 spiro atoms. The van der Waals surface area contributed by atoms with Crippen molar-refractivity contribution in [1.82, 2.24) is 0 Å². The predicted octanol–water partition coefficient (Wildman–Crippen LogP) is 6.55. The molecule has 0 aliphatic carbocycles. The molecular weight excluding hydrogens is 296 g/mol. The fourth-order valence-electron chi connectivity index (χ4n) is 2.05. The molecule has 0 bridgehead atoms. The van der Waals surface area contributed by atoms with Crippen LogP contribution in [0.4, 0.5) is 0 Å². The van der Waals surface area contributed by atoms with Gasteiger partial charge in [-0.1, -0.05) is 112 Å². The van der Waals surface area contributed by atoms with Gasteiger partial charge in [0, 0.05) is 6.08 Å². The van der Waals surface area contributed by atoms with Gasteiger partial charge >= 0.3 is 5.97 Å². The van der Waals surface area contributed by atoms with Gasteiger partial charge in [-0.2, -0.15) is 0 Å². The van der Waals surface area contributed by atoms with Gasteiger partial charge in [0.2, 0.25) is 0 Å². The second kappa shape index (κ2) is 19.0. The number of carbonyl (C=O) groups is 1. The monoisotopic (exact) mass is 328 g/mol. The number of allylic oxidation sites excluding steroid dienone is 11. The highest BCUT2D eigenvalue weighted by atomic mass is 16.4. The second-order valence-corrected chi connectivity index (χ2v) is 5.58. The van der Waals surface area contributed by atoms with Crippen LogP contribution in [0.5, 0.6) is 0 Å². The molecule has 0 aliphatic heterocycles. The van der Waals surface area contributed by atoms with E-state index in [-0.39, 0.29) is 0 Å². The maximum Gasteiger partial charge on any atom is 0.328 e. The molecular formula is C22H32O2. The van der Waals surface area contributed by atoms with Crippen molar-refractivity contribution in [2.75, 3.05) is 0 Å². The maximum absolute atomic E-state index is 10.2. The number of rotatable bonds is 14. The van der Waals surface area contributed by atoms with Crippen LogP contribution in [-0.2, 0) is 4.79 Å². The molecule has 0 aromatic carbocycles. The summed E-state index contributed by atoms with van der Waals surface area (Å²) in [6, 6.07) is 0. The molecule has 24 heavy (non-hydrogen) atoms. The van der Waals surface area contributed by atoms with Crippen molar-refractivity contribution >= 4 is 5.97 Å². The summed E-state index contributed by atoms with van der Waals surface area (Å²) in [6.07, 6.45) is 32.7. The first-order chi connectivity index (χ1) is 11.8. The molecule has 0 unspecified atom stereocenters. The summed E-state index contributed by atoms with van der Waals surface area (Å²) in [5, 5.41) is 8.39. The summed E-state index contributed by atoms with van der Waals surface area (Å²) in [7, 11) is 0. The third-order valence-corrected chi connectivity index (χ3v) is 3.35. The minimum Gasteiger partial charge on any atom is -0.478 e. The highest BCUT2D eigenvalue weighted by molar-refractivity contribution is 5.80. The lowest BCUT2D eigenvalue weighted by Gasteiger charge is -1.98. The highest BCUT2D eigenvalue weighted by Gasteiger charge is 1.88. The number of aliphatic carboxylic acids is 1. The minimum atomic E-state index is -0.936. The highest BCUT2D eigenvalue weighted by Crippen LogP contribution is 2.08. The molecule has 0 radical (unpaired) electrons. The topological polar surface area (TPSA) is 37.3 Å². The standard InChI is InChI=1S/C22H32O2/c1-2-3-4-5-6-7-8-9-10-11-12-13-14-15-16-17-18-19-20-21-22(23)24/h10-21H,2-9H2,1H3,(H,23,24)/b11-10-,13-12+,15-14+,17-16-,19-18-,21-20+. The lowest BCUT2D eigenvalue weighted by Crippen LogP contribution is -1.84. The van der Waals surface area contributed by atoms with Gasteiger partial charge in [-0.15, -0.1) is 0 Å². The number of carboxylic acids is 1. The lowest BCUT2D eigenvalue weighted by atomic mass is 10.1. The fourth-order valence-corrected chi connectivity index (χ4v) is 2.05. The van der Waals surface area contributed by atoms with E-state index in [1.165, 1.54) is 51.0 Å². The molecule has 2 nitrogen and oxygen atoms in total. The van der Waals surface area contributed by atoms with Gasteiger partial charge in [-0.3, -0.25) is 0 Å².